The van der Waals surface area contributed by atoms with Gasteiger partial charge in [-0.3, -0.25) is 4.79 Å². The third-order valence-electron chi connectivity index (χ3n) is 6.54. The van der Waals surface area contributed by atoms with Crippen LogP contribution in [0.15, 0.2) is 65.6 Å². The first kappa shape index (κ1) is 22.4. The normalized spacial score (nSPS) is 15.9. The monoisotopic (exact) mass is 484 g/mol. The Morgan fingerprint density at radius 2 is 1.71 bits per heavy atom. The molecular formula is C26H32N2O5S. The van der Waals surface area contributed by atoms with Crippen molar-refractivity contribution in [2.45, 2.75) is 42.9 Å². The number of anilines is 1. The highest BCUT2D eigenvalue weighted by Crippen LogP contribution is 2.51. The van der Waals surface area contributed by atoms with Crippen molar-refractivity contribution in [2.24, 2.45) is 5.14 Å². The summed E-state index contributed by atoms with van der Waals surface area (Å²) in [7, 11) is -3.77. The van der Waals surface area contributed by atoms with Crippen molar-refractivity contribution in [3.63, 3.8) is 0 Å². The molecule has 0 unspecified atom stereocenters. The summed E-state index contributed by atoms with van der Waals surface area (Å²) >= 11 is 0. The third-order valence-corrected chi connectivity index (χ3v) is 7.47. The topological polar surface area (TPSA) is 108 Å². The molecule has 1 aliphatic heterocycles. The highest BCUT2D eigenvalue weighted by molar-refractivity contribution is 7.89. The van der Waals surface area contributed by atoms with Crippen LogP contribution in [0.3, 0.4) is 0 Å². The Hall–Kier alpha value is -3.36. The van der Waals surface area contributed by atoms with Crippen molar-refractivity contribution in [1.29, 1.82) is 0 Å². The zero-order valence-electron chi connectivity index (χ0n) is 19.0. The zero-order chi connectivity index (χ0) is 24.1. The quantitative estimate of drug-likeness (QED) is 0.496. The first-order valence-electron chi connectivity index (χ1n) is 11.2. The van der Waals surface area contributed by atoms with Crippen LogP contribution in [0.2, 0.25) is 0 Å². The highest BCUT2D eigenvalue weighted by Gasteiger charge is 2.51. The number of carbonyl (C=O) groups is 1. The van der Waals surface area contributed by atoms with E-state index in [9.17, 15) is 13.2 Å². The molecule has 1 heterocycles. The predicted octanol–water partition coefficient (Wildman–Crippen LogP) is 5.26. The van der Waals surface area contributed by atoms with Gasteiger partial charge in [0.1, 0.15) is 0 Å². The van der Waals surface area contributed by atoms with E-state index in [2.05, 4.69) is 19.2 Å². The Morgan fingerprint density at radius 1 is 1.00 bits per heavy atom. The van der Waals surface area contributed by atoms with E-state index in [0.29, 0.717) is 17.2 Å². The maximum Gasteiger partial charge on any atom is 0.238 e. The van der Waals surface area contributed by atoms with Gasteiger partial charge in [-0.1, -0.05) is 38.1 Å². The number of nitrogens with one attached hydrogen (secondary N) is 1. The summed E-state index contributed by atoms with van der Waals surface area (Å²) < 4.78 is 34.1. The van der Waals surface area contributed by atoms with Gasteiger partial charge in [-0.15, -0.1) is 0 Å². The number of amides is 1. The van der Waals surface area contributed by atoms with E-state index in [1.807, 2.05) is 36.4 Å². The number of nitrogens with two attached hydrogens (primary N) is 1. The van der Waals surface area contributed by atoms with Crippen LogP contribution in [-0.4, -0.2) is 21.1 Å². The van der Waals surface area contributed by atoms with Crippen LogP contribution in [-0.2, 0) is 20.2 Å². The van der Waals surface area contributed by atoms with Crippen LogP contribution in [0.25, 0.3) is 11.1 Å². The summed E-state index contributed by atoms with van der Waals surface area (Å²) in [4.78, 5) is 13.4. The third kappa shape index (κ3) is 4.03. The average molecular weight is 485 g/mol. The van der Waals surface area contributed by atoms with Gasteiger partial charge >= 0.3 is 0 Å². The number of primary sulfonamides is 1. The van der Waals surface area contributed by atoms with Crippen molar-refractivity contribution in [1.82, 2.24) is 0 Å². The zero-order valence-corrected chi connectivity index (χ0v) is 19.8. The van der Waals surface area contributed by atoms with Crippen molar-refractivity contribution in [3.05, 3.63) is 71.8 Å². The van der Waals surface area contributed by atoms with Gasteiger partial charge in [-0.25, -0.2) is 13.6 Å². The summed E-state index contributed by atoms with van der Waals surface area (Å²) in [6.45, 7) is 4.38. The van der Waals surface area contributed by atoms with Gasteiger partial charge in [0.25, 0.3) is 0 Å². The lowest BCUT2D eigenvalue weighted by atomic mass is 9.91. The second-order valence-corrected chi connectivity index (χ2v) is 10.7. The fourth-order valence-corrected chi connectivity index (χ4v) is 4.94. The van der Waals surface area contributed by atoms with Gasteiger partial charge < -0.3 is 14.8 Å². The molecule has 182 valence electrons. The lowest BCUT2D eigenvalue weighted by molar-refractivity contribution is -0.118. The smallest absolute Gasteiger partial charge is 0.238 e. The van der Waals surface area contributed by atoms with E-state index < -0.39 is 15.4 Å². The SMILES string of the molecule is CC(C)c1ccc(NC(=O)C2(c3ccc4c(c3)OCO4)CC2)cc1-c1ccc(S(N)(=O)=O)cc1.[HH].[HH].[HH]. The number of hydrogen-bond donors (Lipinski definition) is 2. The molecule has 7 nitrogen and oxygen atoms in total. The molecule has 1 saturated carbocycles. The second-order valence-electron chi connectivity index (χ2n) is 9.13. The molecule has 0 bridgehead atoms. The maximum absolute atomic E-state index is 13.4. The van der Waals surface area contributed by atoms with E-state index in [4.69, 9.17) is 14.6 Å². The number of ether oxygens (including phenoxy) is 2. The van der Waals surface area contributed by atoms with E-state index in [-0.39, 0.29) is 27.8 Å². The summed E-state index contributed by atoms with van der Waals surface area (Å²) in [5.41, 5.74) is 3.91. The summed E-state index contributed by atoms with van der Waals surface area (Å²) in [6, 6.07) is 18.0. The van der Waals surface area contributed by atoms with E-state index >= 15 is 0 Å². The lowest BCUT2D eigenvalue weighted by Crippen LogP contribution is -2.27. The first-order chi connectivity index (χ1) is 16.2. The Labute approximate surface area is 203 Å². The molecule has 1 amide bonds. The molecule has 0 atom stereocenters. The molecule has 1 fully saturated rings. The van der Waals surface area contributed by atoms with E-state index in [1.165, 1.54) is 12.1 Å². The molecule has 2 aliphatic rings. The maximum atomic E-state index is 13.4. The number of carbonyl (C=O) groups excluding carboxylic acids is 1. The minimum atomic E-state index is -3.77. The van der Waals surface area contributed by atoms with Gasteiger partial charge in [0.15, 0.2) is 11.5 Å². The summed E-state index contributed by atoms with van der Waals surface area (Å²) in [5.74, 6) is 1.55. The van der Waals surface area contributed by atoms with Crippen LogP contribution in [0.5, 0.6) is 11.5 Å². The van der Waals surface area contributed by atoms with Crippen molar-refractivity contribution >= 4 is 21.6 Å². The molecule has 0 spiro atoms. The summed E-state index contributed by atoms with van der Waals surface area (Å²) in [6.07, 6.45) is 1.54. The standard InChI is InChI=1S/C26H26N2O5S.3H2/c1-16(2)21-9-6-19(14-22(21)17-3-7-20(8-4-17)34(27,30)31)28-25(29)26(11-12-26)18-5-10-23-24(13-18)33-15-32-23;;;/h3-10,13-14,16H,11-12,15H2,1-2H3,(H,28,29)(H2,27,30,31);3*1H. The molecule has 1 aliphatic carbocycles. The van der Waals surface area contributed by atoms with Gasteiger partial charge in [0.2, 0.25) is 22.7 Å². The molecule has 0 radical (unpaired) electrons. The number of rotatable bonds is 6. The van der Waals surface area contributed by atoms with Crippen LogP contribution < -0.4 is 19.9 Å². The fourth-order valence-electron chi connectivity index (χ4n) is 4.43. The summed E-state index contributed by atoms with van der Waals surface area (Å²) in [5, 5.41) is 8.33. The minimum Gasteiger partial charge on any atom is -0.454 e. The molecule has 3 aromatic rings. The largest absolute Gasteiger partial charge is 0.454 e. The fraction of sp³-hybridized carbons (Fsp3) is 0.269. The second kappa shape index (κ2) is 8.14. The van der Waals surface area contributed by atoms with Gasteiger partial charge in [-0.05, 0) is 77.4 Å². The van der Waals surface area contributed by atoms with Gasteiger partial charge in [0, 0.05) is 9.97 Å². The van der Waals surface area contributed by atoms with E-state index in [0.717, 1.165) is 35.1 Å². The van der Waals surface area contributed by atoms with Crippen LogP contribution in [0.1, 0.15) is 48.0 Å². The number of benzene rings is 3. The number of fused-ring (bicyclic) bond motifs is 1. The number of hydrogen-bond acceptors (Lipinski definition) is 5. The lowest BCUT2D eigenvalue weighted by Gasteiger charge is -2.19. The van der Waals surface area contributed by atoms with Crippen LogP contribution >= 0.6 is 0 Å². The minimum absolute atomic E-state index is 0. The van der Waals surface area contributed by atoms with Crippen molar-refractivity contribution in [2.75, 3.05) is 12.1 Å². The van der Waals surface area contributed by atoms with Crippen LogP contribution in [0.4, 0.5) is 5.69 Å². The van der Waals surface area contributed by atoms with Crippen molar-refractivity contribution in [3.8, 4) is 22.6 Å². The Morgan fingerprint density at radius 3 is 2.35 bits per heavy atom. The Bertz CT molecular complexity index is 1390. The van der Waals surface area contributed by atoms with Gasteiger partial charge in [0.05, 0.1) is 10.3 Å². The predicted molar refractivity (Wildman–Crippen MR) is 136 cm³/mol. The Kier molecular flexibility index (Phi) is 5.37. The molecule has 5 rings (SSSR count). The Balaban J connectivity index is 0.00000160. The molecule has 0 aromatic heterocycles. The van der Waals surface area contributed by atoms with E-state index in [1.54, 1.807) is 12.1 Å². The highest BCUT2D eigenvalue weighted by atomic mass is 32.2. The van der Waals surface area contributed by atoms with Crippen LogP contribution in [0, 0.1) is 0 Å². The number of sulfonamides is 1. The molecular weight excluding hydrogens is 452 g/mol. The molecule has 8 heteroatoms. The molecule has 3 N–H and O–H groups in total. The molecule has 34 heavy (non-hydrogen) atoms. The van der Waals surface area contributed by atoms with Gasteiger partial charge in [-0.2, -0.15) is 0 Å². The van der Waals surface area contributed by atoms with Crippen molar-refractivity contribution < 1.29 is 27.0 Å². The average Bonchev–Trinajstić information content (AvgIpc) is 3.49. The molecule has 0 saturated heterocycles. The molecule has 3 aromatic carbocycles. The first-order valence-corrected chi connectivity index (χ1v) is 12.7.